The number of hydrogen-bond donors (Lipinski definition) is 0. The van der Waals surface area contributed by atoms with E-state index in [-0.39, 0.29) is 5.92 Å². The molecule has 16 heavy (non-hydrogen) atoms. The quantitative estimate of drug-likeness (QED) is 0.710. The molecular weight excluding hydrogens is 196 g/mol. The highest BCUT2D eigenvalue weighted by atomic mass is 16.1. The number of aryl methyl sites for hydroxylation is 1. The third kappa shape index (κ3) is 2.19. The number of carbonyl (C=O) groups excluding carboxylic acids is 1. The second-order valence-electron chi connectivity index (χ2n) is 3.94. The molecule has 80 valence electrons. The van der Waals surface area contributed by atoms with Crippen molar-refractivity contribution in [3.05, 3.63) is 71.3 Å². The summed E-state index contributed by atoms with van der Waals surface area (Å²) in [5, 5.41) is 0. The molecule has 0 N–H and O–H groups in total. The van der Waals surface area contributed by atoms with E-state index < -0.39 is 0 Å². The SMILES string of the molecule is Cc1cccc(C(C=O)c2ccccc2)c1. The Labute approximate surface area is 95.7 Å². The second kappa shape index (κ2) is 4.75. The van der Waals surface area contributed by atoms with Gasteiger partial charge in [0.05, 0.1) is 5.92 Å². The van der Waals surface area contributed by atoms with Crippen LogP contribution in [-0.2, 0) is 4.79 Å². The van der Waals surface area contributed by atoms with Crippen molar-refractivity contribution in [2.75, 3.05) is 0 Å². The maximum absolute atomic E-state index is 11.2. The summed E-state index contributed by atoms with van der Waals surface area (Å²) in [5.41, 5.74) is 3.28. The molecule has 1 unspecified atom stereocenters. The third-order valence-electron chi connectivity index (χ3n) is 2.70. The van der Waals surface area contributed by atoms with Crippen molar-refractivity contribution < 1.29 is 4.79 Å². The summed E-state index contributed by atoms with van der Waals surface area (Å²) < 4.78 is 0. The van der Waals surface area contributed by atoms with Crippen molar-refractivity contribution in [3.8, 4) is 0 Å². The normalized spacial score (nSPS) is 12.1. The van der Waals surface area contributed by atoms with Crippen LogP contribution in [0.4, 0.5) is 0 Å². The smallest absolute Gasteiger partial charge is 0.131 e. The van der Waals surface area contributed by atoms with Gasteiger partial charge in [0.15, 0.2) is 0 Å². The molecule has 1 nitrogen and oxygen atoms in total. The minimum Gasteiger partial charge on any atom is -0.302 e. The minimum atomic E-state index is -0.152. The molecule has 0 aromatic heterocycles. The van der Waals surface area contributed by atoms with Gasteiger partial charge in [0.1, 0.15) is 6.29 Å². The molecule has 2 aromatic carbocycles. The van der Waals surface area contributed by atoms with Crippen LogP contribution in [0, 0.1) is 6.92 Å². The van der Waals surface area contributed by atoms with Crippen molar-refractivity contribution in [2.45, 2.75) is 12.8 Å². The Bertz CT molecular complexity index is 474. The molecular formula is C15H14O. The molecule has 0 aliphatic rings. The average molecular weight is 210 g/mol. The maximum Gasteiger partial charge on any atom is 0.131 e. The van der Waals surface area contributed by atoms with Crippen LogP contribution in [0.5, 0.6) is 0 Å². The van der Waals surface area contributed by atoms with Gasteiger partial charge in [-0.1, -0.05) is 60.2 Å². The van der Waals surface area contributed by atoms with Crippen LogP contribution in [0.15, 0.2) is 54.6 Å². The van der Waals surface area contributed by atoms with Crippen LogP contribution in [-0.4, -0.2) is 6.29 Å². The van der Waals surface area contributed by atoms with Crippen molar-refractivity contribution in [1.29, 1.82) is 0 Å². The lowest BCUT2D eigenvalue weighted by molar-refractivity contribution is -0.108. The predicted octanol–water partition coefficient (Wildman–Crippen LogP) is 3.33. The Balaban J connectivity index is 2.41. The molecule has 2 aromatic rings. The fourth-order valence-electron chi connectivity index (χ4n) is 1.87. The molecule has 0 radical (unpaired) electrons. The number of hydrogen-bond acceptors (Lipinski definition) is 1. The minimum absolute atomic E-state index is 0.152. The molecule has 0 bridgehead atoms. The van der Waals surface area contributed by atoms with E-state index in [1.165, 1.54) is 5.56 Å². The van der Waals surface area contributed by atoms with Crippen LogP contribution in [0.3, 0.4) is 0 Å². The van der Waals surface area contributed by atoms with Gasteiger partial charge in [0, 0.05) is 0 Å². The lowest BCUT2D eigenvalue weighted by atomic mass is 9.92. The van der Waals surface area contributed by atoms with Gasteiger partial charge in [0.2, 0.25) is 0 Å². The van der Waals surface area contributed by atoms with E-state index >= 15 is 0 Å². The van der Waals surface area contributed by atoms with Gasteiger partial charge in [-0.05, 0) is 18.1 Å². The first-order valence-corrected chi connectivity index (χ1v) is 5.38. The predicted molar refractivity (Wildman–Crippen MR) is 65.5 cm³/mol. The first kappa shape index (κ1) is 10.6. The highest BCUT2D eigenvalue weighted by Crippen LogP contribution is 2.22. The summed E-state index contributed by atoms with van der Waals surface area (Å²) in [5.74, 6) is -0.152. The van der Waals surface area contributed by atoms with E-state index in [9.17, 15) is 4.79 Å². The second-order valence-corrected chi connectivity index (χ2v) is 3.94. The molecule has 2 rings (SSSR count). The zero-order valence-electron chi connectivity index (χ0n) is 9.26. The summed E-state index contributed by atoms with van der Waals surface area (Å²) in [7, 11) is 0. The molecule has 0 amide bonds. The van der Waals surface area contributed by atoms with E-state index in [1.54, 1.807) is 0 Å². The van der Waals surface area contributed by atoms with Gasteiger partial charge in [-0.2, -0.15) is 0 Å². The summed E-state index contributed by atoms with van der Waals surface area (Å²) in [4.78, 5) is 11.2. The largest absolute Gasteiger partial charge is 0.302 e. The topological polar surface area (TPSA) is 17.1 Å². The van der Waals surface area contributed by atoms with E-state index in [4.69, 9.17) is 0 Å². The average Bonchev–Trinajstić information content (AvgIpc) is 2.31. The van der Waals surface area contributed by atoms with Gasteiger partial charge in [0.25, 0.3) is 0 Å². The standard InChI is InChI=1S/C15H14O/c1-12-6-5-9-14(10-12)15(11-16)13-7-3-2-4-8-13/h2-11,15H,1H3. The van der Waals surface area contributed by atoms with E-state index in [0.29, 0.717) is 0 Å². The summed E-state index contributed by atoms with van der Waals surface area (Å²) in [6.07, 6.45) is 1.00. The van der Waals surface area contributed by atoms with Gasteiger partial charge in [-0.3, -0.25) is 0 Å². The fraction of sp³-hybridized carbons (Fsp3) is 0.133. The zero-order valence-corrected chi connectivity index (χ0v) is 9.26. The number of benzene rings is 2. The first-order valence-electron chi connectivity index (χ1n) is 5.38. The lowest BCUT2D eigenvalue weighted by Crippen LogP contribution is -2.02. The van der Waals surface area contributed by atoms with Crippen molar-refractivity contribution in [3.63, 3.8) is 0 Å². The monoisotopic (exact) mass is 210 g/mol. The number of rotatable bonds is 3. The Morgan fingerprint density at radius 1 is 0.938 bits per heavy atom. The van der Waals surface area contributed by atoms with E-state index in [0.717, 1.165) is 17.4 Å². The molecule has 0 aliphatic carbocycles. The third-order valence-corrected chi connectivity index (χ3v) is 2.70. The van der Waals surface area contributed by atoms with Crippen LogP contribution >= 0.6 is 0 Å². The molecule has 0 heterocycles. The van der Waals surface area contributed by atoms with Gasteiger partial charge < -0.3 is 4.79 Å². The molecule has 0 spiro atoms. The molecule has 1 heteroatoms. The van der Waals surface area contributed by atoms with Crippen molar-refractivity contribution in [2.24, 2.45) is 0 Å². The Kier molecular flexibility index (Phi) is 3.16. The number of aldehydes is 1. The highest BCUT2D eigenvalue weighted by molar-refractivity contribution is 5.68. The summed E-state index contributed by atoms with van der Waals surface area (Å²) in [6.45, 7) is 2.04. The van der Waals surface area contributed by atoms with Crippen LogP contribution in [0.1, 0.15) is 22.6 Å². The van der Waals surface area contributed by atoms with Crippen molar-refractivity contribution >= 4 is 6.29 Å². The van der Waals surface area contributed by atoms with Crippen LogP contribution < -0.4 is 0 Å². The zero-order chi connectivity index (χ0) is 11.4. The highest BCUT2D eigenvalue weighted by Gasteiger charge is 2.12. The Morgan fingerprint density at radius 3 is 2.25 bits per heavy atom. The molecule has 0 saturated heterocycles. The van der Waals surface area contributed by atoms with Gasteiger partial charge >= 0.3 is 0 Å². The summed E-state index contributed by atoms with van der Waals surface area (Å²) in [6, 6.07) is 17.9. The van der Waals surface area contributed by atoms with Crippen molar-refractivity contribution in [1.82, 2.24) is 0 Å². The van der Waals surface area contributed by atoms with E-state index in [2.05, 4.69) is 6.07 Å². The maximum atomic E-state index is 11.2. The molecule has 0 fully saturated rings. The molecule has 0 aliphatic heterocycles. The first-order chi connectivity index (χ1) is 7.81. The molecule has 1 atom stereocenters. The van der Waals surface area contributed by atoms with Gasteiger partial charge in [-0.25, -0.2) is 0 Å². The lowest BCUT2D eigenvalue weighted by Gasteiger charge is -2.11. The van der Waals surface area contributed by atoms with E-state index in [1.807, 2.05) is 55.5 Å². The fourth-order valence-corrected chi connectivity index (χ4v) is 1.87. The van der Waals surface area contributed by atoms with Gasteiger partial charge in [-0.15, -0.1) is 0 Å². The Hall–Kier alpha value is -1.89. The van der Waals surface area contributed by atoms with Crippen LogP contribution in [0.25, 0.3) is 0 Å². The Morgan fingerprint density at radius 2 is 1.62 bits per heavy atom. The van der Waals surface area contributed by atoms with Crippen LogP contribution in [0.2, 0.25) is 0 Å². The number of carbonyl (C=O) groups is 1. The summed E-state index contributed by atoms with van der Waals surface area (Å²) >= 11 is 0. The molecule has 0 saturated carbocycles.